The predicted molar refractivity (Wildman–Crippen MR) is 256 cm³/mol. The van der Waals surface area contributed by atoms with Gasteiger partial charge in [0, 0.05) is 65.4 Å². The molecule has 0 saturated carbocycles. The van der Waals surface area contributed by atoms with E-state index in [4.69, 9.17) is 24.9 Å². The van der Waals surface area contributed by atoms with Crippen molar-refractivity contribution in [3.8, 4) is 68.1 Å². The Kier molecular flexibility index (Phi) is 8.14. The van der Waals surface area contributed by atoms with Crippen LogP contribution in [0.2, 0.25) is 0 Å². The van der Waals surface area contributed by atoms with Gasteiger partial charge in [0.25, 0.3) is 0 Å². The van der Waals surface area contributed by atoms with Gasteiger partial charge < -0.3 is 0 Å². The number of aromatic nitrogens is 5. The van der Waals surface area contributed by atoms with E-state index in [9.17, 15) is 0 Å². The summed E-state index contributed by atoms with van der Waals surface area (Å²) in [6.07, 6.45) is 0. The van der Waals surface area contributed by atoms with E-state index in [2.05, 4.69) is 158 Å². The zero-order valence-electron chi connectivity index (χ0n) is 33.9. The van der Waals surface area contributed by atoms with Crippen molar-refractivity contribution in [1.29, 1.82) is 0 Å². The highest BCUT2D eigenvalue weighted by Gasteiger charge is 2.41. The third-order valence-corrected chi connectivity index (χ3v) is 13.9. The molecule has 8 aromatic carbocycles. The summed E-state index contributed by atoms with van der Waals surface area (Å²) in [4.78, 5) is 25.6. The van der Waals surface area contributed by atoms with Gasteiger partial charge in [0.05, 0.1) is 11.4 Å². The van der Waals surface area contributed by atoms with Crippen LogP contribution in [0.1, 0.15) is 45.2 Å². The molecule has 0 fully saturated rings. The maximum absolute atomic E-state index is 5.27. The molecular weight excluding hydrogens is 787 g/mol. The van der Waals surface area contributed by atoms with Gasteiger partial charge in [0.15, 0.2) is 23.3 Å². The average Bonchev–Trinajstić information content (AvgIpc) is 3.74. The first-order valence-electron chi connectivity index (χ1n) is 21.3. The number of fused-ring (bicyclic) bond motifs is 3. The van der Waals surface area contributed by atoms with Gasteiger partial charge in [-0.15, -0.1) is 11.3 Å². The second kappa shape index (κ2) is 14.3. The summed E-state index contributed by atoms with van der Waals surface area (Å²) in [5.41, 5.74) is 15.8. The van der Waals surface area contributed by atoms with Crippen molar-refractivity contribution in [2.24, 2.45) is 0 Å². The van der Waals surface area contributed by atoms with Gasteiger partial charge in [-0.25, -0.2) is 24.9 Å². The smallest absolute Gasteiger partial charge is 0.164 e. The molecule has 3 aromatic heterocycles. The molecule has 14 rings (SSSR count). The first-order valence-corrected chi connectivity index (χ1v) is 22.1. The quantitative estimate of drug-likeness (QED) is 0.167. The molecule has 0 amide bonds. The third-order valence-electron chi connectivity index (χ3n) is 12.7. The third kappa shape index (κ3) is 5.94. The van der Waals surface area contributed by atoms with E-state index < -0.39 is 0 Å². The zero-order valence-corrected chi connectivity index (χ0v) is 34.7. The summed E-state index contributed by atoms with van der Waals surface area (Å²) in [6.45, 7) is 0. The number of benzene rings is 8. The van der Waals surface area contributed by atoms with Crippen LogP contribution in [0.4, 0.5) is 0 Å². The summed E-state index contributed by atoms with van der Waals surface area (Å²) in [5.74, 6) is 2.82. The van der Waals surface area contributed by atoms with Crippen LogP contribution < -0.4 is 0 Å². The Morgan fingerprint density at radius 2 is 0.683 bits per heavy atom. The van der Waals surface area contributed by atoms with Crippen molar-refractivity contribution in [2.75, 3.05) is 0 Å². The van der Waals surface area contributed by atoms with Crippen molar-refractivity contribution >= 4 is 31.5 Å². The first-order chi connectivity index (χ1) is 31.2. The number of nitrogens with zero attached hydrogens (tertiary/aromatic N) is 5. The Morgan fingerprint density at radius 3 is 1.27 bits per heavy atom. The topological polar surface area (TPSA) is 64.5 Å². The summed E-state index contributed by atoms with van der Waals surface area (Å²) < 4.78 is 2.55. The van der Waals surface area contributed by atoms with Gasteiger partial charge >= 0.3 is 0 Å². The Hall–Kier alpha value is -7.93. The molecule has 63 heavy (non-hydrogen) atoms. The van der Waals surface area contributed by atoms with Crippen molar-refractivity contribution in [3.63, 3.8) is 0 Å². The summed E-state index contributed by atoms with van der Waals surface area (Å²) >= 11 is 1.83. The molecule has 5 nitrogen and oxygen atoms in total. The first kappa shape index (κ1) is 35.8. The van der Waals surface area contributed by atoms with Crippen LogP contribution >= 0.6 is 11.3 Å². The molecule has 0 saturated heterocycles. The summed E-state index contributed by atoms with van der Waals surface area (Å²) in [6, 6.07) is 71.0. The number of hydrogen-bond donors (Lipinski definition) is 0. The molecule has 3 aliphatic carbocycles. The number of rotatable bonds is 6. The fourth-order valence-corrected chi connectivity index (χ4v) is 10.9. The minimum Gasteiger partial charge on any atom is -0.228 e. The molecule has 2 atom stereocenters. The monoisotopic (exact) mass is 821 g/mol. The molecule has 11 aromatic rings. The van der Waals surface area contributed by atoms with E-state index in [0.717, 1.165) is 44.8 Å². The van der Waals surface area contributed by atoms with Crippen LogP contribution in [0.25, 0.3) is 88.2 Å². The highest BCUT2D eigenvalue weighted by atomic mass is 32.1. The van der Waals surface area contributed by atoms with E-state index in [0.29, 0.717) is 23.3 Å². The summed E-state index contributed by atoms with van der Waals surface area (Å²) in [7, 11) is 0. The fraction of sp³-hybridized carbons (Fsp3) is 0.0351. The molecule has 3 heterocycles. The van der Waals surface area contributed by atoms with E-state index in [-0.39, 0.29) is 11.8 Å². The van der Waals surface area contributed by atoms with Crippen LogP contribution in [-0.4, -0.2) is 24.9 Å². The summed E-state index contributed by atoms with van der Waals surface area (Å²) in [5, 5.41) is 2.57. The van der Waals surface area contributed by atoms with Gasteiger partial charge in [-0.3, -0.25) is 0 Å². The van der Waals surface area contributed by atoms with Crippen molar-refractivity contribution < 1.29 is 0 Å². The zero-order chi connectivity index (χ0) is 41.4. The molecule has 0 spiro atoms. The van der Waals surface area contributed by atoms with Gasteiger partial charge in [-0.2, -0.15) is 0 Å². The van der Waals surface area contributed by atoms with Gasteiger partial charge in [-0.05, 0) is 63.7 Å². The van der Waals surface area contributed by atoms with Crippen molar-refractivity contribution in [3.05, 3.63) is 234 Å². The minimum atomic E-state index is 0.0584. The van der Waals surface area contributed by atoms with E-state index in [1.807, 2.05) is 53.8 Å². The van der Waals surface area contributed by atoms with E-state index in [1.165, 1.54) is 53.6 Å². The Balaban J connectivity index is 0.938. The maximum atomic E-state index is 5.27. The Bertz CT molecular complexity index is 3530. The second-order valence-corrected chi connectivity index (χ2v) is 17.4. The van der Waals surface area contributed by atoms with Crippen LogP contribution in [0, 0.1) is 0 Å². The molecule has 0 aliphatic heterocycles. The molecule has 6 heteroatoms. The van der Waals surface area contributed by atoms with Crippen LogP contribution in [0.5, 0.6) is 0 Å². The normalized spacial score (nSPS) is 14.7. The average molecular weight is 822 g/mol. The van der Waals surface area contributed by atoms with E-state index in [1.54, 1.807) is 0 Å². The van der Waals surface area contributed by atoms with Gasteiger partial charge in [0.2, 0.25) is 0 Å². The lowest BCUT2D eigenvalue weighted by atomic mass is 9.60. The highest BCUT2D eigenvalue weighted by Crippen LogP contribution is 2.56. The van der Waals surface area contributed by atoms with Crippen LogP contribution in [0.15, 0.2) is 200 Å². The number of hydrogen-bond acceptors (Lipinski definition) is 6. The van der Waals surface area contributed by atoms with Gasteiger partial charge in [-0.1, -0.05) is 170 Å². The number of thiophene rings is 1. The lowest BCUT2D eigenvalue weighted by Crippen LogP contribution is -2.27. The van der Waals surface area contributed by atoms with E-state index >= 15 is 0 Å². The lowest BCUT2D eigenvalue weighted by Gasteiger charge is -2.42. The lowest BCUT2D eigenvalue weighted by molar-refractivity contribution is 0.754. The molecular formula is C57H35N5S. The highest BCUT2D eigenvalue weighted by molar-refractivity contribution is 7.25. The molecule has 2 bridgehead atoms. The minimum absolute atomic E-state index is 0.0584. The van der Waals surface area contributed by atoms with Crippen LogP contribution in [-0.2, 0) is 0 Å². The maximum Gasteiger partial charge on any atom is 0.164 e. The molecule has 0 N–H and O–H groups in total. The molecule has 294 valence electrons. The Labute approximate surface area is 368 Å². The SMILES string of the molecule is c1ccc(-c2nc(-c3ccc4c(c3)C3c5ccccc5C4c4cc(-c5nc(-c6ccccc6)nc(-c6ccccc6)n5)ccc43)cc(-c3ccc4c(c3)sc3ccccc34)n2)cc1. The second-order valence-electron chi connectivity index (χ2n) is 16.4. The molecule has 0 radical (unpaired) electrons. The molecule has 3 aliphatic rings. The van der Waals surface area contributed by atoms with Crippen LogP contribution in [0.3, 0.4) is 0 Å². The predicted octanol–water partition coefficient (Wildman–Crippen LogP) is 14.0. The molecule has 2 unspecified atom stereocenters. The fourth-order valence-electron chi connectivity index (χ4n) is 9.80. The van der Waals surface area contributed by atoms with Crippen molar-refractivity contribution in [1.82, 2.24) is 24.9 Å². The largest absolute Gasteiger partial charge is 0.228 e. The standard InChI is InChI=1S/C57H35N5S/c1-4-14-34(15-5-1)54-58-48(33-49(59-54)38-24-27-41-40-20-12-13-23-50(40)63-51(41)32-38)37-25-28-44-46(30-37)52-42-21-10-11-22-43(42)53(44)47-31-39(26-29-45(47)52)57-61-55(35-16-6-2-7-17-35)60-56(62-57)36-18-8-3-9-19-36/h1-33,52-53H. The van der Waals surface area contributed by atoms with Gasteiger partial charge in [0.1, 0.15) is 0 Å². The Morgan fingerprint density at radius 1 is 0.270 bits per heavy atom. The van der Waals surface area contributed by atoms with Crippen molar-refractivity contribution in [2.45, 2.75) is 11.8 Å².